The van der Waals surface area contributed by atoms with E-state index in [-0.39, 0.29) is 6.09 Å². The Morgan fingerprint density at radius 1 is 1.38 bits per heavy atom. The molecule has 0 bridgehead atoms. The van der Waals surface area contributed by atoms with E-state index in [4.69, 9.17) is 9.47 Å². The van der Waals surface area contributed by atoms with Crippen LogP contribution in [0.4, 0.5) is 4.79 Å². The third-order valence-electron chi connectivity index (χ3n) is 3.16. The first-order valence-corrected chi connectivity index (χ1v) is 7.14. The van der Waals surface area contributed by atoms with Crippen LogP contribution in [0, 0.1) is 6.92 Å². The minimum atomic E-state index is -0.482. The molecule has 0 radical (unpaired) electrons. The van der Waals surface area contributed by atoms with E-state index in [1.807, 2.05) is 33.8 Å². The van der Waals surface area contributed by atoms with E-state index in [0.29, 0.717) is 19.7 Å². The van der Waals surface area contributed by atoms with Crippen LogP contribution in [0.2, 0.25) is 0 Å². The molecule has 0 saturated heterocycles. The normalized spacial score (nSPS) is 13.8. The molecule has 114 valence electrons. The van der Waals surface area contributed by atoms with Crippen molar-refractivity contribution in [3.05, 3.63) is 41.5 Å². The average Bonchev–Trinajstić information content (AvgIpc) is 2.77. The first-order valence-electron chi connectivity index (χ1n) is 7.14. The zero-order valence-electron chi connectivity index (χ0n) is 13.2. The van der Waals surface area contributed by atoms with E-state index < -0.39 is 5.60 Å². The van der Waals surface area contributed by atoms with Crippen molar-refractivity contribution in [2.45, 2.75) is 46.4 Å². The van der Waals surface area contributed by atoms with Crippen LogP contribution in [0.25, 0.3) is 0 Å². The molecule has 1 aromatic carbocycles. The number of carbonyl (C=O) groups is 1. The highest BCUT2D eigenvalue weighted by Crippen LogP contribution is 2.33. The largest absolute Gasteiger partial charge is 0.489 e. The maximum Gasteiger partial charge on any atom is 0.410 e. The number of ether oxygens (including phenoxy) is 2. The molecular formula is C17H23NO3. The lowest BCUT2D eigenvalue weighted by molar-refractivity contribution is 0.0241. The summed E-state index contributed by atoms with van der Waals surface area (Å²) >= 11 is 0. The van der Waals surface area contributed by atoms with E-state index in [1.54, 1.807) is 11.0 Å². The average molecular weight is 289 g/mol. The van der Waals surface area contributed by atoms with Gasteiger partial charge in [0.15, 0.2) is 0 Å². The molecular weight excluding hydrogens is 266 g/mol. The summed E-state index contributed by atoms with van der Waals surface area (Å²) in [6.45, 7) is 12.9. The van der Waals surface area contributed by atoms with Crippen LogP contribution in [0.3, 0.4) is 0 Å². The molecule has 1 amide bonds. The maximum absolute atomic E-state index is 12.2. The predicted octanol–water partition coefficient (Wildman–Crippen LogP) is 3.81. The Labute approximate surface area is 126 Å². The zero-order chi connectivity index (χ0) is 15.6. The Morgan fingerprint density at radius 3 is 2.71 bits per heavy atom. The second kappa shape index (κ2) is 5.80. The molecule has 1 heterocycles. The highest BCUT2D eigenvalue weighted by atomic mass is 16.6. The fourth-order valence-electron chi connectivity index (χ4n) is 2.36. The molecule has 2 rings (SSSR count). The van der Waals surface area contributed by atoms with Crippen LogP contribution in [0.15, 0.2) is 24.8 Å². The summed E-state index contributed by atoms with van der Waals surface area (Å²) in [6.07, 6.45) is 1.43. The van der Waals surface area contributed by atoms with Gasteiger partial charge >= 0.3 is 6.09 Å². The van der Waals surface area contributed by atoms with Crippen molar-refractivity contribution in [2.24, 2.45) is 0 Å². The van der Waals surface area contributed by atoms with Gasteiger partial charge in [-0.2, -0.15) is 0 Å². The number of rotatable bonds is 3. The molecule has 0 fully saturated rings. The monoisotopic (exact) mass is 289 g/mol. The molecule has 4 nitrogen and oxygen atoms in total. The molecule has 1 aliphatic rings. The van der Waals surface area contributed by atoms with Gasteiger partial charge in [-0.3, -0.25) is 4.90 Å². The molecule has 0 saturated carbocycles. The van der Waals surface area contributed by atoms with Gasteiger partial charge in [0.05, 0.1) is 6.54 Å². The predicted molar refractivity (Wildman–Crippen MR) is 82.4 cm³/mol. The molecule has 0 N–H and O–H groups in total. The van der Waals surface area contributed by atoms with Crippen molar-refractivity contribution in [3.8, 4) is 5.75 Å². The lowest BCUT2D eigenvalue weighted by atomic mass is 10.1. The van der Waals surface area contributed by atoms with E-state index in [1.165, 1.54) is 0 Å². The SMILES string of the molecule is C=CCOc1cc(C)cc2c1CN(C(=O)OC(C)(C)C)C2. The number of aryl methyl sites for hydroxylation is 1. The summed E-state index contributed by atoms with van der Waals surface area (Å²) < 4.78 is 11.1. The van der Waals surface area contributed by atoms with Gasteiger partial charge in [0, 0.05) is 12.1 Å². The molecule has 1 aliphatic heterocycles. The molecule has 0 atom stereocenters. The minimum Gasteiger partial charge on any atom is -0.489 e. The van der Waals surface area contributed by atoms with E-state index in [2.05, 4.69) is 12.6 Å². The van der Waals surface area contributed by atoms with Crippen molar-refractivity contribution in [2.75, 3.05) is 6.61 Å². The number of nitrogens with zero attached hydrogens (tertiary/aromatic N) is 1. The molecule has 0 aromatic heterocycles. The summed E-state index contributed by atoms with van der Waals surface area (Å²) in [7, 11) is 0. The van der Waals surface area contributed by atoms with Crippen molar-refractivity contribution >= 4 is 6.09 Å². The fraction of sp³-hybridized carbons (Fsp3) is 0.471. The second-order valence-corrected chi connectivity index (χ2v) is 6.34. The zero-order valence-corrected chi connectivity index (χ0v) is 13.2. The summed E-state index contributed by atoms with van der Waals surface area (Å²) in [5.74, 6) is 0.830. The number of fused-ring (bicyclic) bond motifs is 1. The second-order valence-electron chi connectivity index (χ2n) is 6.34. The summed E-state index contributed by atoms with van der Waals surface area (Å²) in [5.41, 5.74) is 2.83. The van der Waals surface area contributed by atoms with Crippen LogP contribution in [-0.4, -0.2) is 23.2 Å². The standard InChI is InChI=1S/C17H23NO3/c1-6-7-20-15-9-12(2)8-13-10-18(11-14(13)15)16(19)21-17(3,4)5/h6,8-9H,1,7,10-11H2,2-5H3. The highest BCUT2D eigenvalue weighted by molar-refractivity contribution is 5.70. The Hall–Kier alpha value is -1.97. The summed E-state index contributed by atoms with van der Waals surface area (Å²) in [6, 6.07) is 4.10. The topological polar surface area (TPSA) is 38.8 Å². The number of amides is 1. The quantitative estimate of drug-likeness (QED) is 0.794. The first-order chi connectivity index (χ1) is 9.80. The Balaban J connectivity index is 2.18. The van der Waals surface area contributed by atoms with Gasteiger partial charge in [0.1, 0.15) is 18.0 Å². The van der Waals surface area contributed by atoms with Crippen LogP contribution in [0.5, 0.6) is 5.75 Å². The number of benzene rings is 1. The smallest absolute Gasteiger partial charge is 0.410 e. The first kappa shape index (κ1) is 15.4. The van der Waals surface area contributed by atoms with Crippen LogP contribution >= 0.6 is 0 Å². The van der Waals surface area contributed by atoms with Crippen LogP contribution in [0.1, 0.15) is 37.5 Å². The minimum absolute atomic E-state index is 0.286. The maximum atomic E-state index is 12.2. The third kappa shape index (κ3) is 3.78. The number of carbonyl (C=O) groups excluding carboxylic acids is 1. The molecule has 1 aromatic rings. The molecule has 0 aliphatic carbocycles. The summed E-state index contributed by atoms with van der Waals surface area (Å²) in [5, 5.41) is 0. The Kier molecular flexibility index (Phi) is 4.26. The van der Waals surface area contributed by atoms with E-state index in [0.717, 1.165) is 22.4 Å². The van der Waals surface area contributed by atoms with E-state index >= 15 is 0 Å². The summed E-state index contributed by atoms with van der Waals surface area (Å²) in [4.78, 5) is 13.9. The molecule has 21 heavy (non-hydrogen) atoms. The van der Waals surface area contributed by atoms with Gasteiger partial charge in [0.25, 0.3) is 0 Å². The van der Waals surface area contributed by atoms with Gasteiger partial charge in [-0.05, 0) is 44.9 Å². The number of hydrogen-bond acceptors (Lipinski definition) is 3. The van der Waals surface area contributed by atoms with Gasteiger partial charge in [-0.1, -0.05) is 18.7 Å². The van der Waals surface area contributed by atoms with Gasteiger partial charge in [-0.15, -0.1) is 0 Å². The van der Waals surface area contributed by atoms with Crippen molar-refractivity contribution < 1.29 is 14.3 Å². The molecule has 4 heteroatoms. The molecule has 0 spiro atoms. The van der Waals surface area contributed by atoms with Crippen LogP contribution in [-0.2, 0) is 17.8 Å². The van der Waals surface area contributed by atoms with Gasteiger partial charge < -0.3 is 9.47 Å². The molecule has 0 unspecified atom stereocenters. The highest BCUT2D eigenvalue weighted by Gasteiger charge is 2.29. The van der Waals surface area contributed by atoms with Crippen molar-refractivity contribution in [1.29, 1.82) is 0 Å². The van der Waals surface area contributed by atoms with Gasteiger partial charge in [0.2, 0.25) is 0 Å². The third-order valence-corrected chi connectivity index (χ3v) is 3.16. The lowest BCUT2D eigenvalue weighted by Gasteiger charge is -2.24. The number of hydrogen-bond donors (Lipinski definition) is 0. The Morgan fingerprint density at radius 2 is 2.10 bits per heavy atom. The van der Waals surface area contributed by atoms with Crippen molar-refractivity contribution in [1.82, 2.24) is 4.90 Å². The fourth-order valence-corrected chi connectivity index (χ4v) is 2.36. The van der Waals surface area contributed by atoms with Crippen LogP contribution < -0.4 is 4.74 Å². The van der Waals surface area contributed by atoms with Gasteiger partial charge in [-0.25, -0.2) is 4.79 Å². The lowest BCUT2D eigenvalue weighted by Crippen LogP contribution is -2.33. The van der Waals surface area contributed by atoms with Crippen molar-refractivity contribution in [3.63, 3.8) is 0 Å². The Bertz CT molecular complexity index is 558. The van der Waals surface area contributed by atoms with E-state index in [9.17, 15) is 4.79 Å².